The fourth-order valence-electron chi connectivity index (χ4n) is 2.13. The van der Waals surface area contributed by atoms with E-state index in [1.54, 1.807) is 0 Å². The van der Waals surface area contributed by atoms with Gasteiger partial charge in [-0.25, -0.2) is 0 Å². The molecule has 0 saturated carbocycles. The van der Waals surface area contributed by atoms with Crippen LogP contribution in [0.3, 0.4) is 0 Å². The summed E-state index contributed by atoms with van der Waals surface area (Å²) in [5, 5.41) is 19.8. The molecule has 3 rings (SSSR count). The second kappa shape index (κ2) is 6.11. The number of hydrogen-bond acceptors (Lipinski definition) is 4. The van der Waals surface area contributed by atoms with Crippen molar-refractivity contribution in [3.8, 4) is 5.75 Å². The molecule has 6 heteroatoms. The minimum absolute atomic E-state index is 0.0291. The largest absolute Gasteiger partial charge is 0.506 e. The van der Waals surface area contributed by atoms with Gasteiger partial charge >= 0.3 is 0 Å². The normalized spacial score (nSPS) is 15.6. The van der Waals surface area contributed by atoms with Gasteiger partial charge in [-0.05, 0) is 56.9 Å². The van der Waals surface area contributed by atoms with Gasteiger partial charge in [0.15, 0.2) is 5.78 Å². The SMILES string of the molecule is [2H]c1c(C(=O)c2c(C(C)O)oc3c([2H])c([2H])c([2H])c([2H])c23)cc(Br)c(O)c1Br. The van der Waals surface area contributed by atoms with Crippen LogP contribution in [0.1, 0.15) is 41.6 Å². The van der Waals surface area contributed by atoms with Gasteiger partial charge in [-0.1, -0.05) is 18.1 Å². The quantitative estimate of drug-likeness (QED) is 0.560. The number of aromatic hydroxyl groups is 1. The minimum atomic E-state index is -1.29. The van der Waals surface area contributed by atoms with Crippen molar-refractivity contribution in [1.29, 1.82) is 0 Å². The molecule has 1 aromatic heterocycles. The number of carbonyl (C=O) groups is 1. The average molecular weight is 445 g/mol. The molecule has 0 radical (unpaired) electrons. The molecule has 0 bridgehead atoms. The molecule has 0 amide bonds. The first kappa shape index (κ1) is 11.0. The molecule has 2 N–H and O–H groups in total. The molecule has 1 atom stereocenters. The number of rotatable bonds is 3. The summed E-state index contributed by atoms with van der Waals surface area (Å²) in [6.07, 6.45) is -1.29. The summed E-state index contributed by atoms with van der Waals surface area (Å²) < 4.78 is 45.5. The highest BCUT2D eigenvalue weighted by atomic mass is 79.9. The maximum absolute atomic E-state index is 13.3. The summed E-state index contributed by atoms with van der Waals surface area (Å²) in [5.74, 6) is -1.28. The van der Waals surface area contributed by atoms with Crippen LogP contribution < -0.4 is 0 Å². The van der Waals surface area contributed by atoms with E-state index in [0.717, 1.165) is 0 Å². The molecule has 3 aromatic rings. The van der Waals surface area contributed by atoms with E-state index in [2.05, 4.69) is 31.9 Å². The molecule has 2 aromatic carbocycles. The topological polar surface area (TPSA) is 70.7 Å². The number of hydrogen-bond donors (Lipinski definition) is 2. The first-order chi connectivity index (χ1) is 13.0. The molecule has 0 aliphatic heterocycles. The maximum atomic E-state index is 13.3. The van der Waals surface area contributed by atoms with E-state index >= 15 is 0 Å². The number of aliphatic hydroxyl groups excluding tert-OH is 1. The lowest BCUT2D eigenvalue weighted by Crippen LogP contribution is -2.06. The van der Waals surface area contributed by atoms with E-state index in [4.69, 9.17) is 11.3 Å². The van der Waals surface area contributed by atoms with Gasteiger partial charge in [0, 0.05) is 10.9 Å². The third-order valence-corrected chi connectivity index (χ3v) is 4.34. The Balaban J connectivity index is 2.44. The van der Waals surface area contributed by atoms with E-state index < -0.39 is 36.1 Å². The Morgan fingerprint density at radius 3 is 2.70 bits per heavy atom. The van der Waals surface area contributed by atoms with Crippen molar-refractivity contribution in [2.75, 3.05) is 0 Å². The zero-order chi connectivity index (χ0) is 21.1. The standard InChI is InChI=1S/C17H12Br2O4/c1-8(20)17-14(10-4-2-3-5-13(10)23-17)15(21)9-6-11(18)16(22)12(19)7-9/h2-8,20,22H,1H3/i2D,3D,4D,5D,6D. The third-order valence-electron chi connectivity index (χ3n) is 3.16. The number of para-hydroxylation sites is 1. The van der Waals surface area contributed by atoms with Crippen molar-refractivity contribution in [2.45, 2.75) is 13.0 Å². The van der Waals surface area contributed by atoms with E-state index in [1.807, 2.05) is 0 Å². The Morgan fingerprint density at radius 1 is 1.30 bits per heavy atom. The lowest BCUT2D eigenvalue weighted by atomic mass is 9.98. The van der Waals surface area contributed by atoms with Crippen molar-refractivity contribution in [3.05, 3.63) is 62.1 Å². The Bertz CT molecular complexity index is 1160. The zero-order valence-corrected chi connectivity index (χ0v) is 14.8. The Hall–Kier alpha value is -1.63. The van der Waals surface area contributed by atoms with E-state index in [0.29, 0.717) is 0 Å². The Kier molecular flexibility index (Phi) is 2.93. The van der Waals surface area contributed by atoms with E-state index in [9.17, 15) is 15.0 Å². The van der Waals surface area contributed by atoms with Crippen molar-refractivity contribution in [3.63, 3.8) is 0 Å². The summed E-state index contributed by atoms with van der Waals surface area (Å²) in [6, 6.07) is -1.14. The van der Waals surface area contributed by atoms with Crippen LogP contribution in [-0.2, 0) is 0 Å². The number of furan rings is 1. The van der Waals surface area contributed by atoms with Gasteiger partial charge in [0.25, 0.3) is 0 Å². The second-order valence-electron chi connectivity index (χ2n) is 4.74. The van der Waals surface area contributed by atoms with Crippen LogP contribution in [0.2, 0.25) is 0 Å². The monoisotopic (exact) mass is 443 g/mol. The molecular formula is C17H12Br2O4. The van der Waals surface area contributed by atoms with Gasteiger partial charge in [0.2, 0.25) is 0 Å². The van der Waals surface area contributed by atoms with Crippen LogP contribution in [0, 0.1) is 0 Å². The number of phenolic OH excluding ortho intramolecular Hbond substituents is 1. The van der Waals surface area contributed by atoms with Gasteiger partial charge in [0.1, 0.15) is 23.2 Å². The molecule has 0 aliphatic carbocycles. The first-order valence-corrected chi connectivity index (χ1v) is 8.00. The predicted molar refractivity (Wildman–Crippen MR) is 93.8 cm³/mol. The lowest BCUT2D eigenvalue weighted by Gasteiger charge is -2.07. The number of ketones is 1. The van der Waals surface area contributed by atoms with Crippen molar-refractivity contribution < 1.29 is 26.3 Å². The van der Waals surface area contributed by atoms with Crippen LogP contribution in [0.4, 0.5) is 0 Å². The number of fused-ring (bicyclic) bond motifs is 1. The zero-order valence-electron chi connectivity index (χ0n) is 16.6. The summed E-state index contributed by atoms with van der Waals surface area (Å²) >= 11 is 6.14. The molecule has 0 fully saturated rings. The van der Waals surface area contributed by atoms with Gasteiger partial charge in [0.05, 0.1) is 21.4 Å². The number of carbonyl (C=O) groups excluding carboxylic acids is 1. The Morgan fingerprint density at radius 2 is 2.00 bits per heavy atom. The molecule has 118 valence electrons. The summed E-state index contributed by atoms with van der Waals surface area (Å²) in [6.45, 7) is 1.33. The number of aliphatic hydroxyl groups is 1. The van der Waals surface area contributed by atoms with Gasteiger partial charge in [-0.2, -0.15) is 0 Å². The smallest absolute Gasteiger partial charge is 0.197 e. The summed E-state index contributed by atoms with van der Waals surface area (Å²) in [4.78, 5) is 13.3. The first-order valence-electron chi connectivity index (χ1n) is 8.92. The van der Waals surface area contributed by atoms with Crippen molar-refractivity contribution >= 4 is 48.6 Å². The van der Waals surface area contributed by atoms with Crippen LogP contribution in [0.25, 0.3) is 11.0 Å². The molecular weight excluding hydrogens is 428 g/mol. The van der Waals surface area contributed by atoms with Crippen molar-refractivity contribution in [2.24, 2.45) is 0 Å². The van der Waals surface area contributed by atoms with E-state index in [-0.39, 0.29) is 48.6 Å². The van der Waals surface area contributed by atoms with Crippen LogP contribution >= 0.6 is 31.9 Å². The van der Waals surface area contributed by atoms with Crippen LogP contribution in [-0.4, -0.2) is 16.0 Å². The summed E-state index contributed by atoms with van der Waals surface area (Å²) in [5.41, 5.74) is -0.669. The average Bonchev–Trinajstić information content (AvgIpc) is 3.06. The molecule has 23 heavy (non-hydrogen) atoms. The second-order valence-corrected chi connectivity index (χ2v) is 6.39. The molecule has 0 saturated heterocycles. The third kappa shape index (κ3) is 2.82. The van der Waals surface area contributed by atoms with Gasteiger partial charge < -0.3 is 14.6 Å². The predicted octanol–water partition coefficient (Wildman–Crippen LogP) is 4.95. The van der Waals surface area contributed by atoms with Gasteiger partial charge in [-0.15, -0.1) is 0 Å². The lowest BCUT2D eigenvalue weighted by molar-refractivity contribution is 0.102. The van der Waals surface area contributed by atoms with Crippen LogP contribution in [0.15, 0.2) is 49.6 Å². The highest BCUT2D eigenvalue weighted by Gasteiger charge is 2.25. The number of phenols is 1. The highest BCUT2D eigenvalue weighted by Crippen LogP contribution is 2.36. The van der Waals surface area contributed by atoms with Gasteiger partial charge in [-0.3, -0.25) is 4.79 Å². The molecule has 4 nitrogen and oxygen atoms in total. The molecule has 1 unspecified atom stereocenters. The molecule has 0 spiro atoms. The molecule has 0 aliphatic rings. The Labute approximate surface area is 156 Å². The fourth-order valence-corrected chi connectivity index (χ4v) is 3.25. The fraction of sp³-hybridized carbons (Fsp3) is 0.118. The minimum Gasteiger partial charge on any atom is -0.506 e. The number of halogens is 2. The number of benzene rings is 2. The van der Waals surface area contributed by atoms with E-state index in [1.165, 1.54) is 13.0 Å². The van der Waals surface area contributed by atoms with Crippen LogP contribution in [0.5, 0.6) is 5.75 Å². The maximum Gasteiger partial charge on any atom is 0.197 e. The molecule has 1 heterocycles. The highest BCUT2D eigenvalue weighted by molar-refractivity contribution is 9.11. The summed E-state index contributed by atoms with van der Waals surface area (Å²) in [7, 11) is 0. The van der Waals surface area contributed by atoms with Crippen molar-refractivity contribution in [1.82, 2.24) is 0 Å².